The summed E-state index contributed by atoms with van der Waals surface area (Å²) in [5.74, 6) is -2.08. The number of benzene rings is 2. The van der Waals surface area contributed by atoms with E-state index in [0.717, 1.165) is 5.56 Å². The largest absolute Gasteiger partial charge is 0.461 e. The first kappa shape index (κ1) is 29.5. The average molecular weight is 520 g/mol. The van der Waals surface area contributed by atoms with Crippen LogP contribution in [0.1, 0.15) is 37.3 Å². The maximum atomic E-state index is 13.6. The lowest BCUT2D eigenvalue weighted by atomic mass is 9.98. The Morgan fingerprint density at radius 2 is 1.42 bits per heavy atom. The van der Waals surface area contributed by atoms with Crippen molar-refractivity contribution in [2.75, 3.05) is 46.3 Å². The lowest BCUT2D eigenvalue weighted by molar-refractivity contribution is -0.145. The SMILES string of the molecule is COCCN(CCOC)C(=O)C(C)(C)S(=O)(=O)CC(CC(=O)OCc1ccccc1)c1ccccc1. The molecule has 0 N–H and O–H groups in total. The standard InChI is InChI=1S/C27H37NO7S/c1-27(2,26(30)28(15-17-33-3)16-18-34-4)36(31,32)21-24(23-13-9-6-10-14-23)19-25(29)35-20-22-11-7-5-8-12-22/h5-14,24H,15-21H2,1-4H3. The number of carbonyl (C=O) groups excluding carboxylic acids is 2. The van der Waals surface area contributed by atoms with Crippen LogP contribution in [0.3, 0.4) is 0 Å². The minimum absolute atomic E-state index is 0.103. The molecule has 0 heterocycles. The minimum Gasteiger partial charge on any atom is -0.461 e. The van der Waals surface area contributed by atoms with Crippen LogP contribution >= 0.6 is 0 Å². The van der Waals surface area contributed by atoms with E-state index in [1.165, 1.54) is 33.0 Å². The molecule has 0 saturated heterocycles. The van der Waals surface area contributed by atoms with Crippen molar-refractivity contribution in [3.63, 3.8) is 0 Å². The summed E-state index contributed by atoms with van der Waals surface area (Å²) in [7, 11) is -0.963. The quantitative estimate of drug-likeness (QED) is 0.333. The van der Waals surface area contributed by atoms with Gasteiger partial charge in [0.15, 0.2) is 9.84 Å². The van der Waals surface area contributed by atoms with Crippen molar-refractivity contribution >= 4 is 21.7 Å². The van der Waals surface area contributed by atoms with E-state index in [4.69, 9.17) is 14.2 Å². The monoisotopic (exact) mass is 519 g/mol. The van der Waals surface area contributed by atoms with Crippen LogP contribution in [0.2, 0.25) is 0 Å². The van der Waals surface area contributed by atoms with Gasteiger partial charge in [-0.25, -0.2) is 8.42 Å². The van der Waals surface area contributed by atoms with Gasteiger partial charge in [0.05, 0.1) is 25.4 Å². The van der Waals surface area contributed by atoms with Crippen molar-refractivity contribution in [3.8, 4) is 0 Å². The summed E-state index contributed by atoms with van der Waals surface area (Å²) < 4.78 is 41.1. The van der Waals surface area contributed by atoms with E-state index >= 15 is 0 Å². The first-order valence-corrected chi connectivity index (χ1v) is 13.5. The molecule has 0 spiro atoms. The normalized spacial score (nSPS) is 12.7. The molecular weight excluding hydrogens is 482 g/mol. The number of hydrogen-bond donors (Lipinski definition) is 0. The van der Waals surface area contributed by atoms with E-state index in [-0.39, 0.29) is 45.1 Å². The van der Waals surface area contributed by atoms with Crippen LogP contribution in [0.5, 0.6) is 0 Å². The van der Waals surface area contributed by atoms with Gasteiger partial charge >= 0.3 is 5.97 Å². The van der Waals surface area contributed by atoms with E-state index in [1.54, 1.807) is 24.3 Å². The second-order valence-electron chi connectivity index (χ2n) is 9.03. The Kier molecular flexibility index (Phi) is 11.6. The molecule has 2 aromatic carbocycles. The maximum absolute atomic E-state index is 13.6. The summed E-state index contributed by atoms with van der Waals surface area (Å²) in [6.45, 7) is 3.94. The highest BCUT2D eigenvalue weighted by molar-refractivity contribution is 7.93. The number of esters is 1. The fraction of sp³-hybridized carbons (Fsp3) is 0.481. The molecule has 36 heavy (non-hydrogen) atoms. The van der Waals surface area contributed by atoms with Gasteiger partial charge in [-0.15, -0.1) is 0 Å². The Balaban J connectivity index is 2.22. The smallest absolute Gasteiger partial charge is 0.306 e. The molecule has 9 heteroatoms. The zero-order valence-corrected chi connectivity index (χ0v) is 22.3. The number of hydrogen-bond acceptors (Lipinski definition) is 7. The summed E-state index contributed by atoms with van der Waals surface area (Å²) in [4.78, 5) is 27.5. The highest BCUT2D eigenvalue weighted by Gasteiger charge is 2.45. The summed E-state index contributed by atoms with van der Waals surface area (Å²) in [6, 6.07) is 18.2. The molecule has 0 aliphatic rings. The predicted octanol–water partition coefficient (Wildman–Crippen LogP) is 3.22. The Labute approximate surface area is 214 Å². The van der Waals surface area contributed by atoms with Crippen LogP contribution in [-0.2, 0) is 40.2 Å². The van der Waals surface area contributed by atoms with Gasteiger partial charge in [0, 0.05) is 33.2 Å². The Morgan fingerprint density at radius 1 is 0.889 bits per heavy atom. The van der Waals surface area contributed by atoms with Gasteiger partial charge in [0.2, 0.25) is 5.91 Å². The van der Waals surface area contributed by atoms with E-state index in [0.29, 0.717) is 5.56 Å². The molecule has 2 rings (SSSR count). The van der Waals surface area contributed by atoms with Gasteiger partial charge in [0.1, 0.15) is 11.4 Å². The van der Waals surface area contributed by atoms with Gasteiger partial charge in [-0.3, -0.25) is 9.59 Å². The third-order valence-corrected chi connectivity index (χ3v) is 8.63. The van der Waals surface area contributed by atoms with E-state index in [2.05, 4.69) is 0 Å². The molecule has 0 saturated carbocycles. The molecule has 0 aliphatic carbocycles. The van der Waals surface area contributed by atoms with Crippen LogP contribution in [-0.4, -0.2) is 76.2 Å². The average Bonchev–Trinajstić information content (AvgIpc) is 2.87. The molecule has 0 bridgehead atoms. The van der Waals surface area contributed by atoms with Crippen LogP contribution in [0, 0.1) is 0 Å². The molecule has 1 amide bonds. The van der Waals surface area contributed by atoms with Crippen molar-refractivity contribution in [1.82, 2.24) is 4.90 Å². The zero-order chi connectivity index (χ0) is 26.6. The molecule has 0 radical (unpaired) electrons. The molecular formula is C27H37NO7S. The number of sulfone groups is 1. The number of carbonyl (C=O) groups is 2. The van der Waals surface area contributed by atoms with E-state index in [1.807, 2.05) is 36.4 Å². The molecule has 1 unspecified atom stereocenters. The Bertz CT molecular complexity index is 1050. The van der Waals surface area contributed by atoms with Crippen LogP contribution in [0.25, 0.3) is 0 Å². The van der Waals surface area contributed by atoms with Crippen molar-refractivity contribution < 1.29 is 32.2 Å². The summed E-state index contributed by atoms with van der Waals surface area (Å²) in [6.07, 6.45) is -0.128. The molecule has 0 aromatic heterocycles. The first-order valence-electron chi connectivity index (χ1n) is 11.9. The van der Waals surface area contributed by atoms with Gasteiger partial charge in [0.25, 0.3) is 0 Å². The molecule has 1 atom stereocenters. The number of amides is 1. The maximum Gasteiger partial charge on any atom is 0.306 e. The Morgan fingerprint density at radius 3 is 1.94 bits per heavy atom. The van der Waals surface area contributed by atoms with Gasteiger partial charge < -0.3 is 19.1 Å². The predicted molar refractivity (Wildman–Crippen MR) is 138 cm³/mol. The lowest BCUT2D eigenvalue weighted by Crippen LogP contribution is -2.52. The number of methoxy groups -OCH3 is 2. The molecule has 8 nitrogen and oxygen atoms in total. The van der Waals surface area contributed by atoms with Crippen molar-refractivity contribution in [2.24, 2.45) is 0 Å². The molecule has 0 aliphatic heterocycles. The lowest BCUT2D eigenvalue weighted by Gasteiger charge is -2.32. The molecule has 0 fully saturated rings. The molecule has 2 aromatic rings. The summed E-state index contributed by atoms with van der Waals surface area (Å²) in [5.41, 5.74) is 1.53. The second kappa shape index (κ2) is 14.1. The summed E-state index contributed by atoms with van der Waals surface area (Å²) in [5, 5.41) is 0. The zero-order valence-electron chi connectivity index (χ0n) is 21.5. The highest BCUT2D eigenvalue weighted by atomic mass is 32.2. The van der Waals surface area contributed by atoms with Crippen LogP contribution in [0.15, 0.2) is 60.7 Å². The van der Waals surface area contributed by atoms with E-state index in [9.17, 15) is 18.0 Å². The number of ether oxygens (including phenoxy) is 3. The topological polar surface area (TPSA) is 99.2 Å². The first-order chi connectivity index (χ1) is 17.1. The van der Waals surface area contributed by atoms with Crippen molar-refractivity contribution in [2.45, 2.75) is 37.5 Å². The van der Waals surface area contributed by atoms with Crippen molar-refractivity contribution in [1.29, 1.82) is 0 Å². The second-order valence-corrected chi connectivity index (χ2v) is 11.6. The number of nitrogens with zero attached hydrogens (tertiary/aromatic N) is 1. The van der Waals surface area contributed by atoms with Gasteiger partial charge in [-0.1, -0.05) is 60.7 Å². The Hall–Kier alpha value is -2.75. The minimum atomic E-state index is -3.99. The third kappa shape index (κ3) is 8.43. The van der Waals surface area contributed by atoms with Crippen molar-refractivity contribution in [3.05, 3.63) is 71.8 Å². The fourth-order valence-corrected chi connectivity index (χ4v) is 5.35. The fourth-order valence-electron chi connectivity index (χ4n) is 3.70. The van der Waals surface area contributed by atoms with Gasteiger partial charge in [-0.05, 0) is 25.0 Å². The highest BCUT2D eigenvalue weighted by Crippen LogP contribution is 2.29. The van der Waals surface area contributed by atoms with Crippen LogP contribution in [0.4, 0.5) is 0 Å². The summed E-state index contributed by atoms with van der Waals surface area (Å²) >= 11 is 0. The van der Waals surface area contributed by atoms with Crippen LogP contribution < -0.4 is 0 Å². The molecule has 198 valence electrons. The number of rotatable bonds is 15. The van der Waals surface area contributed by atoms with E-state index < -0.39 is 32.4 Å². The van der Waals surface area contributed by atoms with Gasteiger partial charge in [-0.2, -0.15) is 0 Å². The third-order valence-electron chi connectivity index (χ3n) is 6.06.